The van der Waals surface area contributed by atoms with Crippen LogP contribution >= 0.6 is 0 Å². The Bertz CT molecular complexity index is 701. The molecule has 1 aromatic carbocycles. The number of hydrogen-bond donors (Lipinski definition) is 0. The molecule has 0 N–H and O–H groups in total. The van der Waals surface area contributed by atoms with E-state index in [1.165, 1.54) is 16.7 Å². The molecule has 4 rings (SSSR count). The SMILES string of the molecule is CC(C)c1cccc(-c2ccc(N3CCN(C4COC4)CC3)nc2)c1. The van der Waals surface area contributed by atoms with Crippen LogP contribution in [-0.2, 0) is 4.74 Å². The average molecular weight is 337 g/mol. The van der Waals surface area contributed by atoms with Gasteiger partial charge in [-0.15, -0.1) is 0 Å². The van der Waals surface area contributed by atoms with Crippen LogP contribution in [-0.4, -0.2) is 55.3 Å². The van der Waals surface area contributed by atoms with E-state index in [1.54, 1.807) is 0 Å². The lowest BCUT2D eigenvalue weighted by atomic mass is 9.98. The molecule has 4 heteroatoms. The van der Waals surface area contributed by atoms with Crippen molar-refractivity contribution in [1.29, 1.82) is 0 Å². The van der Waals surface area contributed by atoms with Crippen molar-refractivity contribution in [1.82, 2.24) is 9.88 Å². The number of ether oxygens (including phenoxy) is 1. The fraction of sp³-hybridized carbons (Fsp3) is 0.476. The molecule has 0 atom stereocenters. The molecule has 0 radical (unpaired) electrons. The Labute approximate surface area is 150 Å². The van der Waals surface area contributed by atoms with Crippen LogP contribution in [0.1, 0.15) is 25.3 Å². The third-order valence-corrected chi connectivity index (χ3v) is 5.41. The Morgan fingerprint density at radius 1 is 1.00 bits per heavy atom. The molecule has 1 aromatic heterocycles. The van der Waals surface area contributed by atoms with E-state index in [0.29, 0.717) is 12.0 Å². The van der Waals surface area contributed by atoms with Gasteiger partial charge in [-0.3, -0.25) is 4.90 Å². The molecule has 0 aliphatic carbocycles. The molecule has 3 heterocycles. The first-order valence-corrected chi connectivity index (χ1v) is 9.34. The van der Waals surface area contributed by atoms with Crippen molar-refractivity contribution in [2.24, 2.45) is 0 Å². The average Bonchev–Trinajstić information content (AvgIpc) is 2.61. The summed E-state index contributed by atoms with van der Waals surface area (Å²) in [6, 6.07) is 13.8. The Kier molecular flexibility index (Phi) is 4.73. The number of piperazine rings is 1. The van der Waals surface area contributed by atoms with E-state index < -0.39 is 0 Å². The van der Waals surface area contributed by atoms with E-state index in [0.717, 1.165) is 45.2 Å². The summed E-state index contributed by atoms with van der Waals surface area (Å²) >= 11 is 0. The van der Waals surface area contributed by atoms with Gasteiger partial charge in [0.15, 0.2) is 0 Å². The molecule has 25 heavy (non-hydrogen) atoms. The van der Waals surface area contributed by atoms with E-state index in [1.807, 2.05) is 6.20 Å². The van der Waals surface area contributed by atoms with Gasteiger partial charge < -0.3 is 9.64 Å². The van der Waals surface area contributed by atoms with Gasteiger partial charge in [-0.05, 0) is 29.2 Å². The van der Waals surface area contributed by atoms with Gasteiger partial charge in [-0.1, -0.05) is 38.1 Å². The highest BCUT2D eigenvalue weighted by Crippen LogP contribution is 2.25. The molecule has 132 valence electrons. The van der Waals surface area contributed by atoms with E-state index in [-0.39, 0.29) is 0 Å². The second-order valence-electron chi connectivity index (χ2n) is 7.40. The summed E-state index contributed by atoms with van der Waals surface area (Å²) in [6.45, 7) is 10.6. The monoisotopic (exact) mass is 337 g/mol. The number of anilines is 1. The lowest BCUT2D eigenvalue weighted by molar-refractivity contribution is -0.0660. The maximum absolute atomic E-state index is 5.31. The van der Waals surface area contributed by atoms with Crippen molar-refractivity contribution in [2.75, 3.05) is 44.3 Å². The second-order valence-corrected chi connectivity index (χ2v) is 7.40. The number of nitrogens with zero attached hydrogens (tertiary/aromatic N) is 3. The van der Waals surface area contributed by atoms with Crippen molar-refractivity contribution >= 4 is 5.82 Å². The standard InChI is InChI=1S/C21H27N3O/c1-16(2)17-4-3-5-18(12-17)19-6-7-21(22-13-19)24-10-8-23(9-11-24)20-14-25-15-20/h3-7,12-13,16,20H,8-11,14-15H2,1-2H3. The topological polar surface area (TPSA) is 28.6 Å². The fourth-order valence-corrected chi connectivity index (χ4v) is 3.57. The zero-order chi connectivity index (χ0) is 17.2. The predicted octanol–water partition coefficient (Wildman–Crippen LogP) is 3.39. The van der Waals surface area contributed by atoms with Gasteiger partial charge >= 0.3 is 0 Å². The summed E-state index contributed by atoms with van der Waals surface area (Å²) in [4.78, 5) is 9.68. The molecule has 0 bridgehead atoms. The van der Waals surface area contributed by atoms with E-state index in [4.69, 9.17) is 9.72 Å². The van der Waals surface area contributed by atoms with Gasteiger partial charge in [0.1, 0.15) is 5.82 Å². The highest BCUT2D eigenvalue weighted by Gasteiger charge is 2.29. The summed E-state index contributed by atoms with van der Waals surface area (Å²) in [7, 11) is 0. The Morgan fingerprint density at radius 2 is 1.80 bits per heavy atom. The Morgan fingerprint density at radius 3 is 2.40 bits per heavy atom. The van der Waals surface area contributed by atoms with Crippen molar-refractivity contribution < 1.29 is 4.74 Å². The van der Waals surface area contributed by atoms with Gasteiger partial charge in [-0.25, -0.2) is 4.98 Å². The number of aromatic nitrogens is 1. The van der Waals surface area contributed by atoms with Crippen LogP contribution < -0.4 is 4.90 Å². The smallest absolute Gasteiger partial charge is 0.128 e. The maximum Gasteiger partial charge on any atom is 0.128 e. The lowest BCUT2D eigenvalue weighted by Gasteiger charge is -2.42. The first-order valence-electron chi connectivity index (χ1n) is 9.34. The molecule has 4 nitrogen and oxygen atoms in total. The molecule has 0 unspecified atom stereocenters. The fourth-order valence-electron chi connectivity index (χ4n) is 3.57. The second kappa shape index (κ2) is 7.14. The third-order valence-electron chi connectivity index (χ3n) is 5.41. The predicted molar refractivity (Wildman–Crippen MR) is 102 cm³/mol. The van der Waals surface area contributed by atoms with Gasteiger partial charge in [0.25, 0.3) is 0 Å². The van der Waals surface area contributed by atoms with E-state index in [9.17, 15) is 0 Å². The summed E-state index contributed by atoms with van der Waals surface area (Å²) in [6.07, 6.45) is 2.01. The van der Waals surface area contributed by atoms with Crippen molar-refractivity contribution in [3.8, 4) is 11.1 Å². The number of rotatable bonds is 4. The molecule has 2 aliphatic rings. The first kappa shape index (κ1) is 16.6. The van der Waals surface area contributed by atoms with E-state index in [2.05, 4.69) is 60.0 Å². The summed E-state index contributed by atoms with van der Waals surface area (Å²) in [5, 5.41) is 0. The van der Waals surface area contributed by atoms with Crippen LogP contribution in [0.25, 0.3) is 11.1 Å². The van der Waals surface area contributed by atoms with Gasteiger partial charge in [0.2, 0.25) is 0 Å². The zero-order valence-electron chi connectivity index (χ0n) is 15.2. The molecule has 0 amide bonds. The van der Waals surface area contributed by atoms with Crippen LogP contribution in [0.5, 0.6) is 0 Å². The molecule has 2 saturated heterocycles. The van der Waals surface area contributed by atoms with Gasteiger partial charge in [0, 0.05) is 37.9 Å². The quantitative estimate of drug-likeness (QED) is 0.855. The Balaban J connectivity index is 1.43. The number of benzene rings is 1. The molecule has 2 fully saturated rings. The summed E-state index contributed by atoms with van der Waals surface area (Å²) in [5.41, 5.74) is 3.81. The molecule has 0 spiro atoms. The minimum Gasteiger partial charge on any atom is -0.378 e. The van der Waals surface area contributed by atoms with Crippen LogP contribution in [0.4, 0.5) is 5.82 Å². The van der Waals surface area contributed by atoms with Crippen LogP contribution in [0.15, 0.2) is 42.6 Å². The van der Waals surface area contributed by atoms with Crippen LogP contribution in [0.3, 0.4) is 0 Å². The van der Waals surface area contributed by atoms with Crippen LogP contribution in [0.2, 0.25) is 0 Å². The summed E-state index contributed by atoms with van der Waals surface area (Å²) < 4.78 is 5.31. The molecule has 0 saturated carbocycles. The van der Waals surface area contributed by atoms with Crippen molar-refractivity contribution in [3.05, 3.63) is 48.2 Å². The maximum atomic E-state index is 5.31. The number of hydrogen-bond acceptors (Lipinski definition) is 4. The zero-order valence-corrected chi connectivity index (χ0v) is 15.2. The molecule has 2 aliphatic heterocycles. The lowest BCUT2D eigenvalue weighted by Crippen LogP contribution is -2.56. The van der Waals surface area contributed by atoms with Gasteiger partial charge in [0.05, 0.1) is 19.3 Å². The number of pyridine rings is 1. The molecule has 2 aromatic rings. The van der Waals surface area contributed by atoms with Crippen molar-refractivity contribution in [3.63, 3.8) is 0 Å². The highest BCUT2D eigenvalue weighted by molar-refractivity contribution is 5.64. The van der Waals surface area contributed by atoms with E-state index >= 15 is 0 Å². The van der Waals surface area contributed by atoms with Crippen LogP contribution in [0, 0.1) is 0 Å². The minimum absolute atomic E-state index is 0.546. The highest BCUT2D eigenvalue weighted by atomic mass is 16.5. The normalized spacial score (nSPS) is 19.2. The third kappa shape index (κ3) is 3.55. The first-order chi connectivity index (χ1) is 12.2. The summed E-state index contributed by atoms with van der Waals surface area (Å²) in [5.74, 6) is 1.64. The Hall–Kier alpha value is -1.91. The molecular weight excluding hydrogens is 310 g/mol. The van der Waals surface area contributed by atoms with Crippen molar-refractivity contribution in [2.45, 2.75) is 25.8 Å². The van der Waals surface area contributed by atoms with Gasteiger partial charge in [-0.2, -0.15) is 0 Å². The minimum atomic E-state index is 0.546. The molecular formula is C21H27N3O. The largest absolute Gasteiger partial charge is 0.378 e.